The molecular formula is C7H13Cl3. The summed E-state index contributed by atoms with van der Waals surface area (Å²) < 4.78 is -0.609. The second-order valence-electron chi connectivity index (χ2n) is 2.61. The van der Waals surface area contributed by atoms with Gasteiger partial charge in [0.05, 0.1) is 0 Å². The van der Waals surface area contributed by atoms with Gasteiger partial charge in [0, 0.05) is 5.38 Å². The van der Waals surface area contributed by atoms with E-state index in [2.05, 4.69) is 6.92 Å². The number of alkyl halides is 3. The van der Waals surface area contributed by atoms with E-state index in [1.54, 1.807) is 6.92 Å². The first kappa shape index (κ1) is 10.9. The lowest BCUT2D eigenvalue weighted by atomic mass is 10.1. The second kappa shape index (κ2) is 4.69. The third-order valence-corrected chi connectivity index (χ3v) is 2.24. The monoisotopic (exact) mass is 202 g/mol. The van der Waals surface area contributed by atoms with Crippen molar-refractivity contribution >= 4 is 34.8 Å². The molecule has 10 heavy (non-hydrogen) atoms. The lowest BCUT2D eigenvalue weighted by Crippen LogP contribution is -2.09. The predicted molar refractivity (Wildman–Crippen MR) is 49.3 cm³/mol. The van der Waals surface area contributed by atoms with E-state index >= 15 is 0 Å². The first-order valence-electron chi connectivity index (χ1n) is 3.47. The molecule has 3 heteroatoms. The normalized spacial score (nSPS) is 15.3. The van der Waals surface area contributed by atoms with Gasteiger partial charge in [0.15, 0.2) is 0 Å². The van der Waals surface area contributed by atoms with Crippen molar-refractivity contribution in [3.05, 3.63) is 0 Å². The molecule has 0 aromatic heterocycles. The zero-order chi connectivity index (χ0) is 8.20. The molecule has 62 valence electrons. The van der Waals surface area contributed by atoms with Crippen LogP contribution < -0.4 is 0 Å². The van der Waals surface area contributed by atoms with Crippen LogP contribution in [-0.4, -0.2) is 9.71 Å². The zero-order valence-electron chi connectivity index (χ0n) is 6.33. The number of halogens is 3. The maximum atomic E-state index is 5.85. The highest BCUT2D eigenvalue weighted by atomic mass is 35.5. The van der Waals surface area contributed by atoms with Crippen molar-refractivity contribution in [2.45, 2.75) is 42.8 Å². The van der Waals surface area contributed by atoms with Crippen molar-refractivity contribution < 1.29 is 0 Å². The Hall–Kier alpha value is 0.870. The summed E-state index contributed by atoms with van der Waals surface area (Å²) in [6, 6.07) is 0. The Morgan fingerprint density at radius 3 is 2.20 bits per heavy atom. The number of rotatable bonds is 4. The molecule has 0 radical (unpaired) electrons. The Morgan fingerprint density at radius 2 is 1.90 bits per heavy atom. The molecule has 0 rings (SSSR count). The summed E-state index contributed by atoms with van der Waals surface area (Å²) in [5.41, 5.74) is 0. The van der Waals surface area contributed by atoms with E-state index in [1.807, 2.05) is 0 Å². The second-order valence-corrected chi connectivity index (χ2v) is 5.09. The standard InChI is InChI=1S/C7H13Cl3/c1-3-6(8)4-5-7(2,9)10/h6H,3-5H2,1-2H3. The van der Waals surface area contributed by atoms with Crippen LogP contribution in [0.25, 0.3) is 0 Å². The van der Waals surface area contributed by atoms with Gasteiger partial charge < -0.3 is 0 Å². The van der Waals surface area contributed by atoms with Crippen molar-refractivity contribution in [2.75, 3.05) is 0 Å². The van der Waals surface area contributed by atoms with Crippen molar-refractivity contribution in [3.63, 3.8) is 0 Å². The van der Waals surface area contributed by atoms with E-state index in [0.29, 0.717) is 0 Å². The van der Waals surface area contributed by atoms with Crippen LogP contribution in [0.3, 0.4) is 0 Å². The van der Waals surface area contributed by atoms with Gasteiger partial charge in [-0.15, -0.1) is 34.8 Å². The third kappa shape index (κ3) is 6.98. The first-order valence-corrected chi connectivity index (χ1v) is 4.67. The zero-order valence-corrected chi connectivity index (χ0v) is 8.60. The van der Waals surface area contributed by atoms with Crippen molar-refractivity contribution in [1.29, 1.82) is 0 Å². The van der Waals surface area contributed by atoms with E-state index in [0.717, 1.165) is 19.3 Å². The lowest BCUT2D eigenvalue weighted by Gasteiger charge is -2.14. The Bertz CT molecular complexity index is 85.3. The van der Waals surface area contributed by atoms with Gasteiger partial charge in [-0.2, -0.15) is 0 Å². The Kier molecular flexibility index (Phi) is 5.10. The predicted octanol–water partition coefficient (Wildman–Crippen LogP) is 3.98. The summed E-state index contributed by atoms with van der Waals surface area (Å²) >= 11 is 17.3. The van der Waals surface area contributed by atoms with Crippen LogP contribution in [0.1, 0.15) is 33.1 Å². The average molecular weight is 204 g/mol. The highest BCUT2D eigenvalue weighted by molar-refractivity contribution is 6.48. The quantitative estimate of drug-likeness (QED) is 0.607. The van der Waals surface area contributed by atoms with Gasteiger partial charge in [-0.3, -0.25) is 0 Å². The van der Waals surface area contributed by atoms with Crippen LogP contribution in [0.15, 0.2) is 0 Å². The van der Waals surface area contributed by atoms with Crippen LogP contribution in [0.2, 0.25) is 0 Å². The van der Waals surface area contributed by atoms with Gasteiger partial charge in [0.2, 0.25) is 0 Å². The van der Waals surface area contributed by atoms with Gasteiger partial charge >= 0.3 is 0 Å². The number of hydrogen-bond acceptors (Lipinski definition) is 0. The SMILES string of the molecule is CCC(Cl)CCC(C)(Cl)Cl. The molecule has 0 aliphatic rings. The molecule has 0 nitrogen and oxygen atoms in total. The summed E-state index contributed by atoms with van der Waals surface area (Å²) in [4.78, 5) is 0. The smallest absolute Gasteiger partial charge is 0.115 e. The van der Waals surface area contributed by atoms with E-state index < -0.39 is 4.33 Å². The molecule has 0 saturated heterocycles. The van der Waals surface area contributed by atoms with Crippen LogP contribution in [-0.2, 0) is 0 Å². The maximum absolute atomic E-state index is 5.85. The average Bonchev–Trinajstić information content (AvgIpc) is 1.81. The molecule has 1 atom stereocenters. The molecule has 0 saturated carbocycles. The fourth-order valence-corrected chi connectivity index (χ4v) is 0.942. The summed E-state index contributed by atoms with van der Waals surface area (Å²) in [6.07, 6.45) is 2.63. The first-order chi connectivity index (χ1) is 4.45. The molecular weight excluding hydrogens is 190 g/mol. The van der Waals surface area contributed by atoms with Crippen LogP contribution >= 0.6 is 34.8 Å². The molecule has 0 fully saturated rings. The summed E-state index contributed by atoms with van der Waals surface area (Å²) in [6.45, 7) is 3.84. The van der Waals surface area contributed by atoms with E-state index in [-0.39, 0.29) is 5.38 Å². The molecule has 0 spiro atoms. The lowest BCUT2D eigenvalue weighted by molar-refractivity contribution is 0.641. The minimum Gasteiger partial charge on any atom is -0.123 e. The van der Waals surface area contributed by atoms with Gasteiger partial charge in [-0.25, -0.2) is 0 Å². The molecule has 0 aliphatic heterocycles. The minimum atomic E-state index is -0.609. The Labute approximate surface area is 77.8 Å². The van der Waals surface area contributed by atoms with Gasteiger partial charge in [-0.05, 0) is 26.2 Å². The Morgan fingerprint density at radius 1 is 1.40 bits per heavy atom. The molecule has 1 unspecified atom stereocenters. The van der Waals surface area contributed by atoms with Crippen molar-refractivity contribution in [2.24, 2.45) is 0 Å². The van der Waals surface area contributed by atoms with Crippen molar-refractivity contribution in [1.82, 2.24) is 0 Å². The van der Waals surface area contributed by atoms with Crippen LogP contribution in [0.5, 0.6) is 0 Å². The summed E-state index contributed by atoms with van der Waals surface area (Å²) in [7, 11) is 0. The van der Waals surface area contributed by atoms with Crippen molar-refractivity contribution in [3.8, 4) is 0 Å². The fourth-order valence-electron chi connectivity index (χ4n) is 0.614. The van der Waals surface area contributed by atoms with Crippen LogP contribution in [0, 0.1) is 0 Å². The number of hydrogen-bond donors (Lipinski definition) is 0. The fraction of sp³-hybridized carbons (Fsp3) is 1.00. The summed E-state index contributed by atoms with van der Waals surface area (Å²) in [5.74, 6) is 0. The minimum absolute atomic E-state index is 0.219. The molecule has 0 bridgehead atoms. The topological polar surface area (TPSA) is 0 Å². The molecule has 0 aromatic rings. The molecule has 0 aromatic carbocycles. The summed E-state index contributed by atoms with van der Waals surface area (Å²) in [5, 5.41) is 0.219. The highest BCUT2D eigenvalue weighted by Gasteiger charge is 2.17. The maximum Gasteiger partial charge on any atom is 0.115 e. The van der Waals surface area contributed by atoms with Gasteiger partial charge in [-0.1, -0.05) is 6.92 Å². The van der Waals surface area contributed by atoms with Gasteiger partial charge in [0.25, 0.3) is 0 Å². The Balaban J connectivity index is 3.36. The van der Waals surface area contributed by atoms with E-state index in [4.69, 9.17) is 34.8 Å². The molecule has 0 amide bonds. The molecule has 0 N–H and O–H groups in total. The largest absolute Gasteiger partial charge is 0.123 e. The van der Waals surface area contributed by atoms with E-state index in [1.165, 1.54) is 0 Å². The molecule has 0 aliphatic carbocycles. The van der Waals surface area contributed by atoms with E-state index in [9.17, 15) is 0 Å². The highest BCUT2D eigenvalue weighted by Crippen LogP contribution is 2.27. The van der Waals surface area contributed by atoms with Crippen LogP contribution in [0.4, 0.5) is 0 Å². The van der Waals surface area contributed by atoms with Gasteiger partial charge in [0.1, 0.15) is 4.33 Å². The third-order valence-electron chi connectivity index (χ3n) is 1.34. The molecule has 0 heterocycles.